The zero-order chi connectivity index (χ0) is 14.1. The molecule has 1 fully saturated rings. The van der Waals surface area contributed by atoms with Crippen molar-refractivity contribution < 1.29 is 10.2 Å². The Hall–Kier alpha value is -1.93. The molecule has 0 amide bonds. The third-order valence-electron chi connectivity index (χ3n) is 3.37. The Kier molecular flexibility index (Phi) is 3.41. The quantitative estimate of drug-likeness (QED) is 0.566. The second-order valence-corrected chi connectivity index (χ2v) is 5.15. The van der Waals surface area contributed by atoms with Crippen LogP contribution in [0.2, 0.25) is 0 Å². The molecule has 3 rings (SSSR count). The highest BCUT2D eigenvalue weighted by molar-refractivity contribution is 5.84. The molecular formula is C12H18N6O2. The van der Waals surface area contributed by atoms with Crippen LogP contribution in [0.5, 0.6) is 0 Å². The van der Waals surface area contributed by atoms with Gasteiger partial charge in [-0.25, -0.2) is 4.98 Å². The van der Waals surface area contributed by atoms with E-state index in [1.807, 2.05) is 0 Å². The molecule has 0 spiro atoms. The summed E-state index contributed by atoms with van der Waals surface area (Å²) in [7, 11) is 0. The third kappa shape index (κ3) is 2.52. The van der Waals surface area contributed by atoms with Gasteiger partial charge < -0.3 is 25.8 Å². The predicted octanol–water partition coefficient (Wildman–Crippen LogP) is -0.416. The van der Waals surface area contributed by atoms with E-state index in [1.165, 1.54) is 0 Å². The SMILES string of the molecule is Nc1nc(NC2CC2)c2ncn(CC(CO)CO)c2n1. The van der Waals surface area contributed by atoms with Gasteiger partial charge in [0.05, 0.1) is 6.33 Å². The number of aliphatic hydroxyl groups excluding tert-OH is 2. The summed E-state index contributed by atoms with van der Waals surface area (Å²) in [5.74, 6) is 0.591. The Morgan fingerprint density at radius 3 is 2.75 bits per heavy atom. The van der Waals surface area contributed by atoms with Gasteiger partial charge in [0.1, 0.15) is 0 Å². The lowest BCUT2D eigenvalue weighted by Gasteiger charge is -2.12. The minimum absolute atomic E-state index is 0.0933. The summed E-state index contributed by atoms with van der Waals surface area (Å²) in [6.07, 6.45) is 3.89. The molecule has 2 heterocycles. The number of imidazole rings is 1. The zero-order valence-electron chi connectivity index (χ0n) is 11.0. The average Bonchev–Trinajstić information content (AvgIpc) is 3.16. The fourth-order valence-electron chi connectivity index (χ4n) is 2.07. The summed E-state index contributed by atoms with van der Waals surface area (Å²) in [5.41, 5.74) is 7.03. The van der Waals surface area contributed by atoms with Crippen LogP contribution in [0.4, 0.5) is 11.8 Å². The van der Waals surface area contributed by atoms with E-state index in [1.54, 1.807) is 10.9 Å². The molecule has 0 radical (unpaired) electrons. The standard InChI is InChI=1S/C12H18N6O2/c13-12-16-10(15-8-1-2-8)9-11(17-12)18(6-14-9)3-7(4-19)5-20/h6-8,19-20H,1-5H2,(H3,13,15,16,17). The molecule has 0 saturated heterocycles. The van der Waals surface area contributed by atoms with E-state index in [4.69, 9.17) is 15.9 Å². The number of nitrogens with zero attached hydrogens (tertiary/aromatic N) is 4. The maximum absolute atomic E-state index is 9.17. The first kappa shape index (κ1) is 13.1. The highest BCUT2D eigenvalue weighted by Gasteiger charge is 2.24. The maximum Gasteiger partial charge on any atom is 0.224 e. The smallest absolute Gasteiger partial charge is 0.224 e. The predicted molar refractivity (Wildman–Crippen MR) is 74.0 cm³/mol. The molecule has 5 N–H and O–H groups in total. The van der Waals surface area contributed by atoms with Crippen molar-refractivity contribution >= 4 is 22.9 Å². The van der Waals surface area contributed by atoms with Crippen LogP contribution in [0.3, 0.4) is 0 Å². The summed E-state index contributed by atoms with van der Waals surface area (Å²) in [5, 5.41) is 21.6. The molecule has 2 aromatic heterocycles. The summed E-state index contributed by atoms with van der Waals surface area (Å²) in [6, 6.07) is 0.445. The Morgan fingerprint density at radius 2 is 2.10 bits per heavy atom. The van der Waals surface area contributed by atoms with Gasteiger partial charge in [-0.2, -0.15) is 9.97 Å². The first-order valence-electron chi connectivity index (χ1n) is 6.68. The Bertz CT molecular complexity index is 605. The van der Waals surface area contributed by atoms with Gasteiger partial charge in [0.25, 0.3) is 0 Å². The molecule has 0 aliphatic heterocycles. The fourth-order valence-corrected chi connectivity index (χ4v) is 2.07. The Morgan fingerprint density at radius 1 is 1.35 bits per heavy atom. The number of anilines is 2. The van der Waals surface area contributed by atoms with Gasteiger partial charge in [0.2, 0.25) is 5.95 Å². The highest BCUT2D eigenvalue weighted by atomic mass is 16.3. The molecule has 0 atom stereocenters. The Balaban J connectivity index is 1.95. The van der Waals surface area contributed by atoms with E-state index in [0.717, 1.165) is 12.8 Å². The lowest BCUT2D eigenvalue weighted by molar-refractivity contribution is 0.138. The monoisotopic (exact) mass is 278 g/mol. The summed E-state index contributed by atoms with van der Waals surface area (Å²) in [4.78, 5) is 12.7. The molecule has 8 heteroatoms. The number of hydrogen-bond acceptors (Lipinski definition) is 7. The summed E-state index contributed by atoms with van der Waals surface area (Å²) in [6.45, 7) is 0.247. The number of nitrogens with one attached hydrogen (secondary N) is 1. The molecule has 2 aromatic rings. The van der Waals surface area contributed by atoms with Gasteiger partial charge >= 0.3 is 0 Å². The van der Waals surface area contributed by atoms with Crippen molar-refractivity contribution in [1.29, 1.82) is 0 Å². The lowest BCUT2D eigenvalue weighted by Crippen LogP contribution is -2.18. The minimum Gasteiger partial charge on any atom is -0.396 e. The van der Waals surface area contributed by atoms with E-state index in [9.17, 15) is 0 Å². The van der Waals surface area contributed by atoms with Gasteiger partial charge in [-0.3, -0.25) is 0 Å². The normalized spacial score (nSPS) is 15.2. The van der Waals surface area contributed by atoms with E-state index < -0.39 is 0 Å². The maximum atomic E-state index is 9.17. The van der Waals surface area contributed by atoms with Crippen LogP contribution in [0.15, 0.2) is 6.33 Å². The number of fused-ring (bicyclic) bond motifs is 1. The molecule has 20 heavy (non-hydrogen) atoms. The second-order valence-electron chi connectivity index (χ2n) is 5.15. The number of aromatic nitrogens is 4. The number of nitrogen functional groups attached to an aromatic ring is 1. The molecule has 0 bridgehead atoms. The van der Waals surface area contributed by atoms with Crippen LogP contribution < -0.4 is 11.1 Å². The molecule has 108 valence electrons. The largest absolute Gasteiger partial charge is 0.396 e. The van der Waals surface area contributed by atoms with Crippen molar-refractivity contribution in [2.24, 2.45) is 5.92 Å². The third-order valence-corrected chi connectivity index (χ3v) is 3.37. The summed E-state index contributed by atoms with van der Waals surface area (Å²) >= 11 is 0. The van der Waals surface area contributed by atoms with Crippen LogP contribution in [0, 0.1) is 5.92 Å². The van der Waals surface area contributed by atoms with Crippen LogP contribution in [-0.4, -0.2) is 49.0 Å². The average molecular weight is 278 g/mol. The first-order valence-corrected chi connectivity index (χ1v) is 6.68. The Labute approximate surface area is 115 Å². The van der Waals surface area contributed by atoms with E-state index in [-0.39, 0.29) is 25.1 Å². The second kappa shape index (κ2) is 5.22. The molecule has 0 unspecified atom stereocenters. The number of aliphatic hydroxyl groups is 2. The summed E-state index contributed by atoms with van der Waals surface area (Å²) < 4.78 is 1.78. The van der Waals surface area contributed by atoms with Crippen LogP contribution in [0.25, 0.3) is 11.2 Å². The molecule has 1 aliphatic rings. The van der Waals surface area contributed by atoms with Gasteiger partial charge in [0, 0.05) is 31.7 Å². The number of hydrogen-bond donors (Lipinski definition) is 4. The number of rotatable bonds is 6. The minimum atomic E-state index is -0.247. The van der Waals surface area contributed by atoms with Gasteiger partial charge in [0.15, 0.2) is 17.0 Å². The van der Waals surface area contributed by atoms with Gasteiger partial charge in [-0.15, -0.1) is 0 Å². The lowest BCUT2D eigenvalue weighted by atomic mass is 10.2. The van der Waals surface area contributed by atoms with Crippen molar-refractivity contribution in [2.45, 2.75) is 25.4 Å². The molecular weight excluding hydrogens is 260 g/mol. The van der Waals surface area contributed by atoms with Crippen molar-refractivity contribution in [1.82, 2.24) is 19.5 Å². The topological polar surface area (TPSA) is 122 Å². The molecule has 1 aliphatic carbocycles. The molecule has 0 aromatic carbocycles. The van der Waals surface area contributed by atoms with Crippen molar-refractivity contribution in [3.63, 3.8) is 0 Å². The van der Waals surface area contributed by atoms with E-state index in [0.29, 0.717) is 29.6 Å². The van der Waals surface area contributed by atoms with E-state index in [2.05, 4.69) is 20.3 Å². The van der Waals surface area contributed by atoms with Crippen molar-refractivity contribution in [3.05, 3.63) is 6.33 Å². The van der Waals surface area contributed by atoms with Crippen LogP contribution >= 0.6 is 0 Å². The first-order chi connectivity index (χ1) is 9.71. The van der Waals surface area contributed by atoms with Crippen LogP contribution in [-0.2, 0) is 6.54 Å². The molecule has 8 nitrogen and oxygen atoms in total. The van der Waals surface area contributed by atoms with Gasteiger partial charge in [-0.1, -0.05) is 0 Å². The number of nitrogens with two attached hydrogens (primary N) is 1. The van der Waals surface area contributed by atoms with Crippen molar-refractivity contribution in [2.75, 3.05) is 24.3 Å². The van der Waals surface area contributed by atoms with Crippen molar-refractivity contribution in [3.8, 4) is 0 Å². The fraction of sp³-hybridized carbons (Fsp3) is 0.583. The molecule has 1 saturated carbocycles. The van der Waals surface area contributed by atoms with Crippen LogP contribution in [0.1, 0.15) is 12.8 Å². The zero-order valence-corrected chi connectivity index (χ0v) is 11.0. The van der Waals surface area contributed by atoms with E-state index >= 15 is 0 Å². The highest BCUT2D eigenvalue weighted by Crippen LogP contribution is 2.27. The van der Waals surface area contributed by atoms with Gasteiger partial charge in [-0.05, 0) is 12.8 Å².